The fraction of sp³-hybridized carbons (Fsp3) is 0.611. The highest BCUT2D eigenvalue weighted by molar-refractivity contribution is 5.77. The highest BCUT2D eigenvalue weighted by Gasteiger charge is 2.24. The van der Waals surface area contributed by atoms with Gasteiger partial charge in [-0.15, -0.1) is 0 Å². The van der Waals surface area contributed by atoms with Crippen molar-refractivity contribution in [2.45, 2.75) is 57.4 Å². The van der Waals surface area contributed by atoms with E-state index < -0.39 is 0 Å². The molecule has 0 saturated heterocycles. The molecular formula is C18H27FN2O. The van der Waals surface area contributed by atoms with Gasteiger partial charge in [0.2, 0.25) is 5.91 Å². The number of nitrogens with one attached hydrogen (secondary N) is 1. The highest BCUT2D eigenvalue weighted by Crippen LogP contribution is 2.26. The summed E-state index contributed by atoms with van der Waals surface area (Å²) in [6.07, 6.45) is 6.43. The van der Waals surface area contributed by atoms with Crippen molar-refractivity contribution in [2.75, 3.05) is 6.54 Å². The molecule has 2 rings (SSSR count). The number of hydrogen-bond acceptors (Lipinski definition) is 2. The summed E-state index contributed by atoms with van der Waals surface area (Å²) in [7, 11) is 0. The van der Waals surface area contributed by atoms with Crippen molar-refractivity contribution in [2.24, 2.45) is 11.7 Å². The molecule has 3 N–H and O–H groups in total. The van der Waals surface area contributed by atoms with Gasteiger partial charge in [-0.3, -0.25) is 4.79 Å². The van der Waals surface area contributed by atoms with Crippen LogP contribution in [0.4, 0.5) is 4.39 Å². The molecule has 1 aromatic rings. The predicted molar refractivity (Wildman–Crippen MR) is 87.0 cm³/mol. The number of nitrogens with two attached hydrogens (primary N) is 1. The van der Waals surface area contributed by atoms with Crippen LogP contribution >= 0.6 is 0 Å². The summed E-state index contributed by atoms with van der Waals surface area (Å²) in [6, 6.07) is 6.54. The molecule has 0 radical (unpaired) electrons. The Morgan fingerprint density at radius 2 is 2.09 bits per heavy atom. The summed E-state index contributed by atoms with van der Waals surface area (Å²) in [5, 5.41) is 3.09. The first-order valence-corrected chi connectivity index (χ1v) is 8.35. The third-order valence-electron chi connectivity index (χ3n) is 4.73. The first kappa shape index (κ1) is 16.9. The molecule has 2 atom stereocenters. The minimum absolute atomic E-state index is 0.000445. The average Bonchev–Trinajstić information content (AvgIpc) is 2.53. The maximum absolute atomic E-state index is 13.3. The van der Waals surface area contributed by atoms with Crippen LogP contribution in [0.1, 0.15) is 56.9 Å². The summed E-state index contributed by atoms with van der Waals surface area (Å²) in [6.45, 7) is 2.44. The van der Waals surface area contributed by atoms with Gasteiger partial charge in [-0.05, 0) is 42.4 Å². The Balaban J connectivity index is 1.87. The molecule has 1 fully saturated rings. The van der Waals surface area contributed by atoms with Crippen LogP contribution in [0.3, 0.4) is 0 Å². The predicted octanol–water partition coefficient (Wildman–Crippen LogP) is 3.34. The van der Waals surface area contributed by atoms with Gasteiger partial charge in [0.1, 0.15) is 5.82 Å². The number of benzene rings is 1. The molecule has 1 amide bonds. The summed E-state index contributed by atoms with van der Waals surface area (Å²) >= 11 is 0. The van der Waals surface area contributed by atoms with Gasteiger partial charge in [-0.25, -0.2) is 4.39 Å². The molecule has 2 unspecified atom stereocenters. The molecule has 0 spiro atoms. The van der Waals surface area contributed by atoms with E-state index in [1.165, 1.54) is 31.4 Å². The van der Waals surface area contributed by atoms with Crippen LogP contribution in [0.25, 0.3) is 0 Å². The van der Waals surface area contributed by atoms with Gasteiger partial charge in [0.15, 0.2) is 0 Å². The normalized spacial score (nSPS) is 18.7. The van der Waals surface area contributed by atoms with Crippen molar-refractivity contribution in [1.82, 2.24) is 5.32 Å². The van der Waals surface area contributed by atoms with Crippen molar-refractivity contribution >= 4 is 5.91 Å². The Bertz CT molecular complexity index is 486. The maximum atomic E-state index is 13.3. The van der Waals surface area contributed by atoms with E-state index in [0.717, 1.165) is 18.4 Å². The van der Waals surface area contributed by atoms with Crippen LogP contribution in [-0.4, -0.2) is 18.5 Å². The molecule has 1 aliphatic rings. The van der Waals surface area contributed by atoms with Gasteiger partial charge in [0.05, 0.1) is 0 Å². The zero-order valence-corrected chi connectivity index (χ0v) is 13.4. The van der Waals surface area contributed by atoms with E-state index in [2.05, 4.69) is 5.32 Å². The smallest absolute Gasteiger partial charge is 0.220 e. The summed E-state index contributed by atoms with van der Waals surface area (Å²) in [4.78, 5) is 12.3. The van der Waals surface area contributed by atoms with Crippen LogP contribution in [0.5, 0.6) is 0 Å². The second-order valence-corrected chi connectivity index (χ2v) is 6.47. The molecule has 0 bridgehead atoms. The average molecular weight is 306 g/mol. The maximum Gasteiger partial charge on any atom is 0.220 e. The lowest BCUT2D eigenvalue weighted by Crippen LogP contribution is -2.46. The first-order chi connectivity index (χ1) is 10.6. The van der Waals surface area contributed by atoms with Crippen LogP contribution in [0.2, 0.25) is 0 Å². The van der Waals surface area contributed by atoms with E-state index in [1.807, 2.05) is 13.0 Å². The van der Waals surface area contributed by atoms with Crippen LogP contribution in [-0.2, 0) is 4.79 Å². The van der Waals surface area contributed by atoms with E-state index in [1.54, 1.807) is 6.07 Å². The van der Waals surface area contributed by atoms with Gasteiger partial charge in [0, 0.05) is 19.0 Å². The minimum Gasteiger partial charge on any atom is -0.352 e. The Labute approximate surface area is 132 Å². The number of amides is 1. The fourth-order valence-corrected chi connectivity index (χ4v) is 3.38. The van der Waals surface area contributed by atoms with Crippen LogP contribution in [0.15, 0.2) is 24.3 Å². The van der Waals surface area contributed by atoms with Gasteiger partial charge in [-0.2, -0.15) is 0 Å². The third-order valence-corrected chi connectivity index (χ3v) is 4.73. The minimum atomic E-state index is -0.258. The van der Waals surface area contributed by atoms with Crippen molar-refractivity contribution < 1.29 is 9.18 Å². The molecule has 122 valence electrons. The molecule has 4 heteroatoms. The zero-order valence-electron chi connectivity index (χ0n) is 13.4. The van der Waals surface area contributed by atoms with E-state index in [9.17, 15) is 9.18 Å². The van der Waals surface area contributed by atoms with Gasteiger partial charge in [0.25, 0.3) is 0 Å². The first-order valence-electron chi connectivity index (χ1n) is 8.35. The number of carbonyl (C=O) groups is 1. The van der Waals surface area contributed by atoms with Gasteiger partial charge >= 0.3 is 0 Å². The number of carbonyl (C=O) groups excluding carboxylic acids is 1. The molecular weight excluding hydrogens is 279 g/mol. The van der Waals surface area contributed by atoms with E-state index in [-0.39, 0.29) is 23.7 Å². The van der Waals surface area contributed by atoms with Crippen LogP contribution in [0, 0.1) is 11.7 Å². The van der Waals surface area contributed by atoms with E-state index >= 15 is 0 Å². The number of halogens is 1. The van der Waals surface area contributed by atoms with Gasteiger partial charge < -0.3 is 11.1 Å². The Hall–Kier alpha value is -1.42. The van der Waals surface area contributed by atoms with Crippen LogP contribution < -0.4 is 11.1 Å². The summed E-state index contributed by atoms with van der Waals surface area (Å²) in [5.41, 5.74) is 6.71. The third kappa shape index (κ3) is 4.80. The monoisotopic (exact) mass is 306 g/mol. The molecule has 0 heterocycles. The zero-order chi connectivity index (χ0) is 15.9. The lowest BCUT2D eigenvalue weighted by molar-refractivity contribution is -0.122. The largest absolute Gasteiger partial charge is 0.352 e. The van der Waals surface area contributed by atoms with E-state index in [0.29, 0.717) is 18.9 Å². The lowest BCUT2D eigenvalue weighted by Gasteiger charge is -2.30. The Morgan fingerprint density at radius 3 is 2.73 bits per heavy atom. The Morgan fingerprint density at radius 1 is 1.36 bits per heavy atom. The summed E-state index contributed by atoms with van der Waals surface area (Å²) in [5.74, 6) is 0.261. The van der Waals surface area contributed by atoms with Gasteiger partial charge in [-0.1, -0.05) is 38.3 Å². The quantitative estimate of drug-likeness (QED) is 0.847. The SMILES string of the molecule is CC(CC(=O)NC(CN)C1CCCCC1)c1cccc(F)c1. The molecule has 1 aliphatic carbocycles. The van der Waals surface area contributed by atoms with Crippen molar-refractivity contribution in [3.63, 3.8) is 0 Å². The fourth-order valence-electron chi connectivity index (χ4n) is 3.38. The molecule has 1 aromatic carbocycles. The molecule has 0 aliphatic heterocycles. The Kier molecular flexibility index (Phi) is 6.37. The van der Waals surface area contributed by atoms with Crippen molar-refractivity contribution in [3.8, 4) is 0 Å². The molecule has 22 heavy (non-hydrogen) atoms. The number of rotatable bonds is 6. The second-order valence-electron chi connectivity index (χ2n) is 6.47. The second kappa shape index (κ2) is 8.28. The summed E-state index contributed by atoms with van der Waals surface area (Å²) < 4.78 is 13.3. The molecule has 1 saturated carbocycles. The highest BCUT2D eigenvalue weighted by atomic mass is 19.1. The molecule has 0 aromatic heterocycles. The van der Waals surface area contributed by atoms with E-state index in [4.69, 9.17) is 5.73 Å². The van der Waals surface area contributed by atoms with Crippen molar-refractivity contribution in [3.05, 3.63) is 35.6 Å². The van der Waals surface area contributed by atoms with Crippen molar-refractivity contribution in [1.29, 1.82) is 0 Å². The lowest BCUT2D eigenvalue weighted by atomic mass is 9.83. The number of hydrogen-bond donors (Lipinski definition) is 2. The topological polar surface area (TPSA) is 55.1 Å². The standard InChI is InChI=1S/C18H27FN2O/c1-13(15-8-5-9-16(19)11-15)10-18(22)21-17(12-20)14-6-3-2-4-7-14/h5,8-9,11,13-14,17H,2-4,6-7,10,12,20H2,1H3,(H,21,22). The molecule has 3 nitrogen and oxygen atoms in total.